The van der Waals surface area contributed by atoms with Crippen LogP contribution in [0.3, 0.4) is 0 Å². The summed E-state index contributed by atoms with van der Waals surface area (Å²) in [6.07, 6.45) is -7.23. The molecule has 0 aliphatic carbocycles. The summed E-state index contributed by atoms with van der Waals surface area (Å²) in [7, 11) is 1.01. The maximum absolute atomic E-state index is 11.9. The molecule has 1 amide bonds. The van der Waals surface area contributed by atoms with Gasteiger partial charge >= 0.3 is 18.2 Å². The van der Waals surface area contributed by atoms with Gasteiger partial charge in [0.1, 0.15) is 0 Å². The van der Waals surface area contributed by atoms with Crippen molar-refractivity contribution in [2.24, 2.45) is 0 Å². The molecule has 0 aliphatic rings. The lowest BCUT2D eigenvalue weighted by Crippen LogP contribution is -2.42. The van der Waals surface area contributed by atoms with Gasteiger partial charge in [-0.1, -0.05) is 6.58 Å². The van der Waals surface area contributed by atoms with Crippen molar-refractivity contribution in [3.63, 3.8) is 0 Å². The molecule has 8 heteroatoms. The van der Waals surface area contributed by atoms with E-state index < -0.39 is 37.1 Å². The molecule has 0 aliphatic heterocycles. The summed E-state index contributed by atoms with van der Waals surface area (Å²) < 4.78 is 39.9. The summed E-state index contributed by atoms with van der Waals surface area (Å²) in [6, 6.07) is -1.59. The number of aliphatic carboxylic acids is 1. The van der Waals surface area contributed by atoms with Crippen LogP contribution in [0.25, 0.3) is 0 Å². The van der Waals surface area contributed by atoms with Gasteiger partial charge in [-0.2, -0.15) is 13.2 Å². The predicted octanol–water partition coefficient (Wildman–Crippen LogP) is 1.69. The Morgan fingerprint density at radius 3 is 2.35 bits per heavy atom. The van der Waals surface area contributed by atoms with Crippen LogP contribution in [0.2, 0.25) is 0 Å². The number of amides is 1. The van der Waals surface area contributed by atoms with Crippen molar-refractivity contribution in [3.8, 4) is 0 Å². The molecule has 0 saturated heterocycles. The lowest BCUT2D eigenvalue weighted by atomic mass is 10.0. The van der Waals surface area contributed by atoms with Gasteiger partial charge in [-0.25, -0.2) is 9.59 Å². The molecule has 0 radical (unpaired) electrons. The number of alkyl carbamates (subject to hydrolysis) is 1. The van der Waals surface area contributed by atoms with E-state index >= 15 is 0 Å². The van der Waals surface area contributed by atoms with Crippen molar-refractivity contribution >= 4 is 12.1 Å². The van der Waals surface area contributed by atoms with Crippen molar-refractivity contribution in [3.05, 3.63) is 12.2 Å². The Kier molecular flexibility index (Phi) is 5.49. The van der Waals surface area contributed by atoms with Crippen LogP contribution in [0.5, 0.6) is 0 Å². The Balaban J connectivity index is 4.46. The van der Waals surface area contributed by atoms with Gasteiger partial charge in [0, 0.05) is 6.42 Å². The van der Waals surface area contributed by atoms with E-state index in [1.807, 2.05) is 5.32 Å². The van der Waals surface area contributed by atoms with Gasteiger partial charge in [-0.05, 0) is 12.0 Å². The van der Waals surface area contributed by atoms with Gasteiger partial charge in [0.15, 0.2) is 6.04 Å². The highest BCUT2D eigenvalue weighted by Crippen LogP contribution is 2.24. The number of nitrogens with one attached hydrogen (secondary N) is 1. The summed E-state index contributed by atoms with van der Waals surface area (Å²) in [6.45, 7) is 3.22. The highest BCUT2D eigenvalue weighted by molar-refractivity contribution is 5.82. The largest absolute Gasteiger partial charge is 0.479 e. The molecule has 1 atom stereocenters. The second-order valence-corrected chi connectivity index (χ2v) is 3.18. The molecule has 0 bridgehead atoms. The van der Waals surface area contributed by atoms with Gasteiger partial charge in [0.2, 0.25) is 0 Å². The standard InChI is InChI=1S/C9H12F3NO4/c1-5(3-4-9(10,11)12)6(7(14)15)13-8(16)17-2/h6H,1,3-4H2,2H3,(H,13,16)(H,14,15)/t6-/m0/s1. The molecule has 2 N–H and O–H groups in total. The van der Waals surface area contributed by atoms with Gasteiger partial charge in [0.25, 0.3) is 0 Å². The van der Waals surface area contributed by atoms with E-state index in [0.717, 1.165) is 7.11 Å². The first-order valence-corrected chi connectivity index (χ1v) is 4.49. The molecule has 98 valence electrons. The quantitative estimate of drug-likeness (QED) is 0.733. The Morgan fingerprint density at radius 2 is 2.00 bits per heavy atom. The number of alkyl halides is 3. The first-order chi connectivity index (χ1) is 7.67. The summed E-state index contributed by atoms with van der Waals surface area (Å²) in [5.41, 5.74) is -0.250. The second-order valence-electron chi connectivity index (χ2n) is 3.18. The highest BCUT2D eigenvalue weighted by atomic mass is 19.4. The fraction of sp³-hybridized carbons (Fsp3) is 0.556. The molecule has 5 nitrogen and oxygen atoms in total. The average molecular weight is 255 g/mol. The molecule has 0 aromatic carbocycles. The number of carbonyl (C=O) groups is 2. The van der Waals surface area contributed by atoms with Crippen LogP contribution >= 0.6 is 0 Å². The zero-order valence-electron chi connectivity index (χ0n) is 9.00. The zero-order valence-corrected chi connectivity index (χ0v) is 9.00. The molecular formula is C9H12F3NO4. The third-order valence-electron chi connectivity index (χ3n) is 1.83. The van der Waals surface area contributed by atoms with Crippen molar-refractivity contribution < 1.29 is 32.6 Å². The van der Waals surface area contributed by atoms with E-state index in [0.29, 0.717) is 0 Å². The maximum Gasteiger partial charge on any atom is 0.407 e. The summed E-state index contributed by atoms with van der Waals surface area (Å²) in [5, 5.41) is 10.6. The lowest BCUT2D eigenvalue weighted by molar-refractivity contribution is -0.140. The number of rotatable bonds is 5. The van der Waals surface area contributed by atoms with Crippen LogP contribution in [-0.4, -0.2) is 36.5 Å². The molecule has 0 rings (SSSR count). The first kappa shape index (κ1) is 15.3. The van der Waals surface area contributed by atoms with Crippen LogP contribution in [0.1, 0.15) is 12.8 Å². The van der Waals surface area contributed by atoms with Crippen LogP contribution in [0, 0.1) is 0 Å². The van der Waals surface area contributed by atoms with Gasteiger partial charge < -0.3 is 15.2 Å². The van der Waals surface area contributed by atoms with E-state index in [1.54, 1.807) is 0 Å². The van der Waals surface area contributed by atoms with E-state index in [9.17, 15) is 22.8 Å². The summed E-state index contributed by atoms with van der Waals surface area (Å²) in [5.74, 6) is -1.50. The van der Waals surface area contributed by atoms with Gasteiger partial charge in [0.05, 0.1) is 7.11 Å². The molecule has 0 fully saturated rings. The normalized spacial score (nSPS) is 12.7. The number of carboxylic acids is 1. The number of halogens is 3. The Bertz CT molecular complexity index is 314. The minimum absolute atomic E-state index is 0.250. The highest BCUT2D eigenvalue weighted by Gasteiger charge is 2.30. The Labute approximate surface area is 95.2 Å². The predicted molar refractivity (Wildman–Crippen MR) is 51.4 cm³/mol. The molecular weight excluding hydrogens is 243 g/mol. The molecule has 0 aromatic rings. The zero-order chi connectivity index (χ0) is 13.6. The smallest absolute Gasteiger partial charge is 0.407 e. The number of carboxylic acid groups (broad SMARTS) is 1. The average Bonchev–Trinajstić information content (AvgIpc) is 2.20. The number of carbonyl (C=O) groups excluding carboxylic acids is 1. The molecule has 17 heavy (non-hydrogen) atoms. The fourth-order valence-electron chi connectivity index (χ4n) is 0.962. The summed E-state index contributed by atoms with van der Waals surface area (Å²) in [4.78, 5) is 21.5. The van der Waals surface area contributed by atoms with Crippen molar-refractivity contribution in [2.75, 3.05) is 7.11 Å². The van der Waals surface area contributed by atoms with E-state index in [4.69, 9.17) is 5.11 Å². The minimum Gasteiger partial charge on any atom is -0.479 e. The van der Waals surface area contributed by atoms with Crippen LogP contribution < -0.4 is 5.32 Å². The Morgan fingerprint density at radius 1 is 1.47 bits per heavy atom. The lowest BCUT2D eigenvalue weighted by Gasteiger charge is -2.16. The van der Waals surface area contributed by atoms with Gasteiger partial charge in [-0.15, -0.1) is 0 Å². The number of methoxy groups -OCH3 is 1. The first-order valence-electron chi connectivity index (χ1n) is 4.49. The SMILES string of the molecule is C=C(CCC(F)(F)F)[C@H](NC(=O)OC)C(=O)O. The molecule has 0 spiro atoms. The molecule has 0 saturated carbocycles. The van der Waals surface area contributed by atoms with Crippen LogP contribution in [-0.2, 0) is 9.53 Å². The van der Waals surface area contributed by atoms with Crippen LogP contribution in [0.15, 0.2) is 12.2 Å². The topological polar surface area (TPSA) is 75.6 Å². The third kappa shape index (κ3) is 6.44. The van der Waals surface area contributed by atoms with E-state index in [1.165, 1.54) is 0 Å². The van der Waals surface area contributed by atoms with Crippen molar-refractivity contribution in [2.45, 2.75) is 25.1 Å². The van der Waals surface area contributed by atoms with E-state index in [-0.39, 0.29) is 5.57 Å². The van der Waals surface area contributed by atoms with Gasteiger partial charge in [-0.3, -0.25) is 0 Å². The third-order valence-corrected chi connectivity index (χ3v) is 1.83. The molecule has 0 aromatic heterocycles. The fourth-order valence-corrected chi connectivity index (χ4v) is 0.962. The van der Waals surface area contributed by atoms with E-state index in [2.05, 4.69) is 11.3 Å². The second kappa shape index (κ2) is 6.12. The maximum atomic E-state index is 11.9. The molecule has 0 unspecified atom stereocenters. The Hall–Kier alpha value is -1.73. The number of hydrogen-bond donors (Lipinski definition) is 2. The molecule has 0 heterocycles. The monoisotopic (exact) mass is 255 g/mol. The van der Waals surface area contributed by atoms with Crippen molar-refractivity contribution in [1.29, 1.82) is 0 Å². The minimum atomic E-state index is -4.41. The van der Waals surface area contributed by atoms with Crippen LogP contribution in [0.4, 0.5) is 18.0 Å². The van der Waals surface area contributed by atoms with Crippen molar-refractivity contribution in [1.82, 2.24) is 5.32 Å². The number of hydrogen-bond acceptors (Lipinski definition) is 3. The number of ether oxygens (including phenoxy) is 1. The summed E-state index contributed by atoms with van der Waals surface area (Å²) >= 11 is 0.